The fourth-order valence-electron chi connectivity index (χ4n) is 6.28. The Morgan fingerprint density at radius 2 is 1.95 bits per heavy atom. The van der Waals surface area contributed by atoms with E-state index in [1.54, 1.807) is 6.20 Å². The first-order chi connectivity index (χ1) is 19.4. The van der Waals surface area contributed by atoms with Crippen molar-refractivity contribution in [3.63, 3.8) is 0 Å². The molecule has 1 aromatic heterocycles. The van der Waals surface area contributed by atoms with Gasteiger partial charge in [-0.05, 0) is 62.8 Å². The Kier molecular flexibility index (Phi) is 11.7. The van der Waals surface area contributed by atoms with Crippen molar-refractivity contribution in [3.05, 3.63) is 53.8 Å². The lowest BCUT2D eigenvalue weighted by Gasteiger charge is -2.39. The van der Waals surface area contributed by atoms with E-state index in [2.05, 4.69) is 29.1 Å². The van der Waals surface area contributed by atoms with Gasteiger partial charge in [0.15, 0.2) is 0 Å². The second-order valence-electron chi connectivity index (χ2n) is 11.5. The summed E-state index contributed by atoms with van der Waals surface area (Å²) in [6.07, 6.45) is 4.99. The van der Waals surface area contributed by atoms with E-state index in [1.807, 2.05) is 51.1 Å². The van der Waals surface area contributed by atoms with Crippen molar-refractivity contribution in [2.75, 3.05) is 19.3 Å². The molecule has 0 radical (unpaired) electrons. The smallest absolute Gasteiger partial charge is 0.225 e. The molecule has 7 nitrogen and oxygen atoms in total. The lowest BCUT2D eigenvalue weighted by atomic mass is 9.74. The molecule has 2 N–H and O–H groups in total. The van der Waals surface area contributed by atoms with Gasteiger partial charge in [-0.25, -0.2) is 8.42 Å². The first-order valence-electron chi connectivity index (χ1n) is 14.4. The normalized spacial score (nSPS) is 23.9. The second kappa shape index (κ2) is 14.3. The van der Waals surface area contributed by atoms with Crippen molar-refractivity contribution in [3.8, 4) is 0 Å². The summed E-state index contributed by atoms with van der Waals surface area (Å²) in [6, 6.07) is 9.85. The van der Waals surface area contributed by atoms with Gasteiger partial charge in [-0.15, -0.1) is 11.6 Å². The number of amidine groups is 1. The summed E-state index contributed by atoms with van der Waals surface area (Å²) in [5.74, 6) is -0.799. The number of alkyl halides is 1. The standard InChI is InChI=1S/C31H44Cl2N4O3S/c1-7-11-24(18-31(5,21(4)32)28-25-13-10-9-12-23(25)14-15-36-28)37-29(38)27-20(3)16-22(17-26(27)33)19-41(39,40)30(34-6)35-8-2/h9-10,12-15,20,22,24,26-27H,4,7-8,11,16-19H2,1-3,5-6H3,(H,34,35)(H,37,38). The van der Waals surface area contributed by atoms with Crippen molar-refractivity contribution in [2.45, 2.75) is 76.6 Å². The molecule has 1 aliphatic carbocycles. The van der Waals surface area contributed by atoms with Gasteiger partial charge in [0.2, 0.25) is 20.9 Å². The minimum Gasteiger partial charge on any atom is -0.361 e. The van der Waals surface area contributed by atoms with Crippen LogP contribution in [0.4, 0.5) is 0 Å². The highest BCUT2D eigenvalue weighted by Crippen LogP contribution is 2.41. The third-order valence-electron chi connectivity index (χ3n) is 8.28. The van der Waals surface area contributed by atoms with Gasteiger partial charge in [0.25, 0.3) is 0 Å². The molecule has 226 valence electrons. The summed E-state index contributed by atoms with van der Waals surface area (Å²) in [4.78, 5) is 22.4. The van der Waals surface area contributed by atoms with Gasteiger partial charge in [-0.1, -0.05) is 62.7 Å². The highest BCUT2D eigenvalue weighted by atomic mass is 35.5. The summed E-state index contributed by atoms with van der Waals surface area (Å²) in [6.45, 7) is 12.5. The van der Waals surface area contributed by atoms with Crippen molar-refractivity contribution in [2.24, 2.45) is 22.7 Å². The molecule has 10 heteroatoms. The van der Waals surface area contributed by atoms with Crippen LogP contribution in [0.3, 0.4) is 0 Å². The zero-order chi connectivity index (χ0) is 30.4. The molecule has 1 aliphatic rings. The Bertz CT molecular complexity index is 1350. The largest absolute Gasteiger partial charge is 0.361 e. The van der Waals surface area contributed by atoms with Gasteiger partial charge in [-0.3, -0.25) is 14.8 Å². The molecule has 0 spiro atoms. The number of pyridine rings is 1. The predicted molar refractivity (Wildman–Crippen MR) is 171 cm³/mol. The molecule has 0 bridgehead atoms. The van der Waals surface area contributed by atoms with E-state index in [1.165, 1.54) is 7.05 Å². The predicted octanol–water partition coefficient (Wildman–Crippen LogP) is 6.20. The van der Waals surface area contributed by atoms with Gasteiger partial charge >= 0.3 is 0 Å². The summed E-state index contributed by atoms with van der Waals surface area (Å²) in [5, 5.41) is 8.20. The third kappa shape index (κ3) is 7.82. The van der Waals surface area contributed by atoms with Crippen LogP contribution < -0.4 is 10.6 Å². The Balaban J connectivity index is 1.77. The zero-order valence-electron chi connectivity index (χ0n) is 24.8. The summed E-state index contributed by atoms with van der Waals surface area (Å²) < 4.78 is 25.8. The monoisotopic (exact) mass is 622 g/mol. The molecule has 41 heavy (non-hydrogen) atoms. The van der Waals surface area contributed by atoms with Crippen molar-refractivity contribution in [1.29, 1.82) is 0 Å². The van der Waals surface area contributed by atoms with Crippen molar-refractivity contribution >= 4 is 54.9 Å². The highest BCUT2D eigenvalue weighted by molar-refractivity contribution is 8.06. The van der Waals surface area contributed by atoms with Crippen LogP contribution in [0.15, 0.2) is 53.1 Å². The minimum atomic E-state index is -3.56. The molecule has 6 unspecified atom stereocenters. The number of halogens is 2. The van der Waals surface area contributed by atoms with Crippen LogP contribution in [0, 0.1) is 17.8 Å². The van der Waals surface area contributed by atoms with Crippen LogP contribution in [-0.4, -0.2) is 55.2 Å². The number of nitrogens with zero attached hydrogens (tertiary/aromatic N) is 2. The molecular formula is C31H44Cl2N4O3S. The lowest BCUT2D eigenvalue weighted by Crippen LogP contribution is -2.49. The van der Waals surface area contributed by atoms with Gasteiger partial charge in [0, 0.05) is 47.0 Å². The van der Waals surface area contributed by atoms with Gasteiger partial charge < -0.3 is 10.6 Å². The van der Waals surface area contributed by atoms with E-state index in [9.17, 15) is 13.2 Å². The van der Waals surface area contributed by atoms with Crippen LogP contribution in [0.5, 0.6) is 0 Å². The molecule has 1 heterocycles. The SMILES string of the molecule is C=C(Cl)C(C)(CC(CCC)NC(=O)C1C(C)CC(CS(=O)(=O)C(=NC)NCC)CC1Cl)c1nccc2ccccc12. The third-order valence-corrected chi connectivity index (χ3v) is 11.0. The second-order valence-corrected chi connectivity index (χ2v) is 14.5. The number of allylic oxidation sites excluding steroid dienone is 1. The molecular weight excluding hydrogens is 579 g/mol. The van der Waals surface area contributed by atoms with Crippen LogP contribution >= 0.6 is 23.2 Å². The topological polar surface area (TPSA) is 101 Å². The number of aliphatic imine (C=N–C) groups is 1. The van der Waals surface area contributed by atoms with Crippen LogP contribution in [0.2, 0.25) is 0 Å². The maximum atomic E-state index is 13.7. The number of nitrogens with one attached hydrogen (secondary N) is 2. The number of aromatic nitrogens is 1. The number of benzene rings is 1. The Morgan fingerprint density at radius 3 is 2.56 bits per heavy atom. The Morgan fingerprint density at radius 1 is 1.24 bits per heavy atom. The number of carbonyl (C=O) groups excluding carboxylic acids is 1. The minimum absolute atomic E-state index is 0.00524. The van der Waals surface area contributed by atoms with E-state index in [0.717, 1.165) is 29.3 Å². The first-order valence-corrected chi connectivity index (χ1v) is 16.9. The van der Waals surface area contributed by atoms with E-state index in [4.69, 9.17) is 28.2 Å². The van der Waals surface area contributed by atoms with Gasteiger partial charge in [0.1, 0.15) is 0 Å². The van der Waals surface area contributed by atoms with E-state index in [0.29, 0.717) is 30.8 Å². The Labute approximate surface area is 255 Å². The molecule has 1 aromatic carbocycles. The summed E-state index contributed by atoms with van der Waals surface area (Å²) in [7, 11) is -2.09. The van der Waals surface area contributed by atoms with Gasteiger partial charge in [0.05, 0.1) is 17.4 Å². The highest BCUT2D eigenvalue weighted by Gasteiger charge is 2.42. The fourth-order valence-corrected chi connectivity index (χ4v) is 8.75. The quantitative estimate of drug-likeness (QED) is 0.176. The molecule has 2 aromatic rings. The maximum absolute atomic E-state index is 13.7. The zero-order valence-corrected chi connectivity index (χ0v) is 27.1. The maximum Gasteiger partial charge on any atom is 0.225 e. The fraction of sp³-hybridized carbons (Fsp3) is 0.581. The number of rotatable bonds is 11. The van der Waals surface area contributed by atoms with Crippen LogP contribution in [0.1, 0.15) is 65.5 Å². The molecule has 0 aliphatic heterocycles. The molecule has 1 saturated carbocycles. The molecule has 1 amide bonds. The number of carbonyl (C=O) groups is 1. The summed E-state index contributed by atoms with van der Waals surface area (Å²) >= 11 is 13.5. The Hall–Kier alpha value is -2.16. The van der Waals surface area contributed by atoms with E-state index < -0.39 is 26.5 Å². The average molecular weight is 624 g/mol. The average Bonchev–Trinajstić information content (AvgIpc) is 2.90. The van der Waals surface area contributed by atoms with Crippen molar-refractivity contribution in [1.82, 2.24) is 15.6 Å². The molecule has 6 atom stereocenters. The number of hydrogen-bond donors (Lipinski definition) is 2. The number of amides is 1. The van der Waals surface area contributed by atoms with Crippen LogP contribution in [0.25, 0.3) is 10.8 Å². The first kappa shape index (κ1) is 33.3. The van der Waals surface area contributed by atoms with E-state index in [-0.39, 0.29) is 34.7 Å². The number of hydrogen-bond acceptors (Lipinski definition) is 5. The van der Waals surface area contributed by atoms with Crippen molar-refractivity contribution < 1.29 is 13.2 Å². The van der Waals surface area contributed by atoms with Gasteiger partial charge in [-0.2, -0.15) is 0 Å². The number of sulfone groups is 1. The molecule has 3 rings (SSSR count). The van der Waals surface area contributed by atoms with E-state index >= 15 is 0 Å². The lowest BCUT2D eigenvalue weighted by molar-refractivity contribution is -0.128. The molecule has 0 saturated heterocycles. The molecule has 1 fully saturated rings. The van der Waals surface area contributed by atoms with Crippen LogP contribution in [-0.2, 0) is 20.0 Å². The summed E-state index contributed by atoms with van der Waals surface area (Å²) in [5.41, 5.74) is 0.155. The number of fused-ring (bicyclic) bond motifs is 1.